The number of aromatic nitrogens is 5. The van der Waals surface area contributed by atoms with Crippen LogP contribution in [0.1, 0.15) is 29.5 Å². The Morgan fingerprint density at radius 2 is 2.00 bits per heavy atom. The van der Waals surface area contributed by atoms with Crippen molar-refractivity contribution >= 4 is 11.7 Å². The number of pyridine rings is 1. The third kappa shape index (κ3) is 5.78. The van der Waals surface area contributed by atoms with E-state index in [0.717, 1.165) is 11.1 Å². The molecule has 2 atom stereocenters. The molecule has 1 fully saturated rings. The zero-order valence-electron chi connectivity index (χ0n) is 20.1. The number of carbonyl (C=O) groups excluding carboxylic acids is 1. The summed E-state index contributed by atoms with van der Waals surface area (Å²) in [5.41, 5.74) is -0.502. The van der Waals surface area contributed by atoms with Crippen LogP contribution in [0.15, 0.2) is 36.8 Å². The lowest BCUT2D eigenvalue weighted by Crippen LogP contribution is -2.57. The lowest BCUT2D eigenvalue weighted by atomic mass is 9.88. The van der Waals surface area contributed by atoms with Gasteiger partial charge >= 0.3 is 6.18 Å². The average Bonchev–Trinajstić information content (AvgIpc) is 3.23. The van der Waals surface area contributed by atoms with E-state index in [1.807, 2.05) is 0 Å². The largest absolute Gasteiger partial charge is 0.481 e. The highest BCUT2D eigenvalue weighted by atomic mass is 19.4. The molecule has 0 spiro atoms. The summed E-state index contributed by atoms with van der Waals surface area (Å²) < 4.78 is 74.0. The Morgan fingerprint density at radius 1 is 1.24 bits per heavy atom. The van der Waals surface area contributed by atoms with Crippen LogP contribution in [0.4, 0.5) is 27.8 Å². The molecular formula is C23H24F5N7O2. The van der Waals surface area contributed by atoms with Crippen molar-refractivity contribution in [2.75, 3.05) is 25.5 Å². The van der Waals surface area contributed by atoms with E-state index in [4.69, 9.17) is 4.74 Å². The Balaban J connectivity index is 1.62. The van der Waals surface area contributed by atoms with Crippen molar-refractivity contribution in [2.45, 2.75) is 31.5 Å². The first-order valence-electron chi connectivity index (χ1n) is 11.2. The van der Waals surface area contributed by atoms with Gasteiger partial charge in [-0.05, 0) is 12.0 Å². The monoisotopic (exact) mass is 525 g/mol. The normalized spacial score (nSPS) is 19.5. The number of nitrogens with one attached hydrogen (secondary N) is 1. The lowest BCUT2D eigenvalue weighted by Gasteiger charge is -2.43. The van der Waals surface area contributed by atoms with Crippen LogP contribution in [-0.2, 0) is 13.2 Å². The zero-order valence-corrected chi connectivity index (χ0v) is 20.1. The van der Waals surface area contributed by atoms with E-state index in [1.165, 1.54) is 11.8 Å². The maximum absolute atomic E-state index is 14.6. The number of alkyl halides is 5. The van der Waals surface area contributed by atoms with Crippen LogP contribution >= 0.6 is 0 Å². The van der Waals surface area contributed by atoms with Crippen LogP contribution in [0, 0.1) is 5.92 Å². The Hall–Kier alpha value is -3.84. The maximum atomic E-state index is 14.6. The van der Waals surface area contributed by atoms with Gasteiger partial charge in [0.2, 0.25) is 5.88 Å². The molecular weight excluding hydrogens is 501 g/mol. The minimum atomic E-state index is -4.64. The number of aryl methyl sites for hydroxylation is 1. The first-order chi connectivity index (χ1) is 17.4. The van der Waals surface area contributed by atoms with Crippen LogP contribution in [0.3, 0.4) is 0 Å². The number of carbonyl (C=O) groups is 1. The highest BCUT2D eigenvalue weighted by molar-refractivity contribution is 5.99. The van der Waals surface area contributed by atoms with E-state index in [0.29, 0.717) is 23.3 Å². The first kappa shape index (κ1) is 26.2. The van der Waals surface area contributed by atoms with E-state index in [9.17, 15) is 26.7 Å². The van der Waals surface area contributed by atoms with Crippen molar-refractivity contribution in [2.24, 2.45) is 13.0 Å². The second kappa shape index (κ2) is 9.90. The molecule has 4 rings (SSSR count). The number of piperidine rings is 1. The van der Waals surface area contributed by atoms with E-state index >= 15 is 0 Å². The van der Waals surface area contributed by atoms with Gasteiger partial charge in [0.05, 0.1) is 43.3 Å². The molecule has 1 aliphatic heterocycles. The molecule has 37 heavy (non-hydrogen) atoms. The third-order valence-corrected chi connectivity index (χ3v) is 6.01. The van der Waals surface area contributed by atoms with Crippen LogP contribution in [0.5, 0.6) is 5.88 Å². The van der Waals surface area contributed by atoms with Gasteiger partial charge in [0.1, 0.15) is 5.82 Å². The summed E-state index contributed by atoms with van der Waals surface area (Å²) in [6.45, 7) is 0.701. The second-order valence-electron chi connectivity index (χ2n) is 8.83. The quantitative estimate of drug-likeness (QED) is 0.488. The fraction of sp³-hybridized carbons (Fsp3) is 0.435. The number of amides is 1. The Morgan fingerprint density at radius 3 is 2.65 bits per heavy atom. The summed E-state index contributed by atoms with van der Waals surface area (Å²) in [5, 5.41) is 7.05. The number of halogens is 5. The standard InChI is InChI=1S/C23H24F5N7O2/c1-13-7-22(24,25)12-35(16(13)8-30-18-10-29-17(9-31-18)23(26,27)28)21(36)20-14(11-34(2)33-20)15-5-4-6-19(32-15)37-3/h4-6,9-11,13,16H,7-8,12H2,1-3H3,(H,30,31)/t13-,16-/m1/s1. The number of rotatable bonds is 6. The predicted octanol–water partition coefficient (Wildman–Crippen LogP) is 3.90. The minimum Gasteiger partial charge on any atom is -0.481 e. The van der Waals surface area contributed by atoms with Crippen molar-refractivity contribution in [1.29, 1.82) is 0 Å². The third-order valence-electron chi connectivity index (χ3n) is 6.01. The summed E-state index contributed by atoms with van der Waals surface area (Å²) in [4.78, 5) is 26.1. The molecule has 4 heterocycles. The summed E-state index contributed by atoms with van der Waals surface area (Å²) in [5.74, 6) is -4.19. The van der Waals surface area contributed by atoms with Crippen molar-refractivity contribution in [3.63, 3.8) is 0 Å². The molecule has 0 radical (unpaired) electrons. The van der Waals surface area contributed by atoms with Crippen molar-refractivity contribution in [1.82, 2.24) is 29.6 Å². The fourth-order valence-corrected chi connectivity index (χ4v) is 4.30. The van der Waals surface area contributed by atoms with E-state index in [-0.39, 0.29) is 18.1 Å². The van der Waals surface area contributed by atoms with Crippen molar-refractivity contribution in [3.8, 4) is 17.1 Å². The average molecular weight is 525 g/mol. The topological polar surface area (TPSA) is 98.1 Å². The SMILES string of the molecule is COc1cccc(-c2cn(C)nc2C(=O)N2CC(F)(F)C[C@@H](C)[C@H]2CNc2cnc(C(F)(F)F)cn2)n1. The lowest BCUT2D eigenvalue weighted by molar-refractivity contribution is -0.141. The second-order valence-corrected chi connectivity index (χ2v) is 8.83. The number of nitrogens with zero attached hydrogens (tertiary/aromatic N) is 6. The van der Waals surface area contributed by atoms with Crippen LogP contribution in [0.2, 0.25) is 0 Å². The fourth-order valence-electron chi connectivity index (χ4n) is 4.30. The van der Waals surface area contributed by atoms with Gasteiger partial charge in [0, 0.05) is 32.3 Å². The van der Waals surface area contributed by atoms with Crippen molar-refractivity contribution < 1.29 is 31.5 Å². The molecule has 9 nitrogen and oxygen atoms in total. The van der Waals surface area contributed by atoms with Gasteiger partial charge in [0.25, 0.3) is 11.8 Å². The Bertz CT molecular complexity index is 1260. The molecule has 14 heteroatoms. The molecule has 0 bridgehead atoms. The molecule has 0 unspecified atom stereocenters. The molecule has 1 saturated heterocycles. The minimum absolute atomic E-state index is 0.0176. The summed E-state index contributed by atoms with van der Waals surface area (Å²) in [7, 11) is 3.04. The van der Waals surface area contributed by atoms with Crippen LogP contribution in [-0.4, -0.2) is 67.7 Å². The predicted molar refractivity (Wildman–Crippen MR) is 122 cm³/mol. The van der Waals surface area contributed by atoms with E-state index < -0.39 is 48.6 Å². The number of hydrogen-bond acceptors (Lipinski definition) is 7. The van der Waals surface area contributed by atoms with Gasteiger partial charge in [-0.15, -0.1) is 0 Å². The molecule has 0 saturated carbocycles. The van der Waals surface area contributed by atoms with Gasteiger partial charge in [-0.1, -0.05) is 13.0 Å². The van der Waals surface area contributed by atoms with E-state index in [1.54, 1.807) is 38.4 Å². The number of likely N-dealkylation sites (tertiary alicyclic amines) is 1. The molecule has 198 valence electrons. The molecule has 1 amide bonds. The van der Waals surface area contributed by atoms with Crippen LogP contribution in [0.25, 0.3) is 11.3 Å². The zero-order chi connectivity index (χ0) is 27.0. The van der Waals surface area contributed by atoms with Gasteiger partial charge in [0.15, 0.2) is 11.4 Å². The van der Waals surface area contributed by atoms with E-state index in [2.05, 4.69) is 25.4 Å². The number of hydrogen-bond donors (Lipinski definition) is 1. The Labute approximate surface area is 208 Å². The number of methoxy groups -OCH3 is 1. The molecule has 3 aromatic heterocycles. The van der Waals surface area contributed by atoms with Gasteiger partial charge < -0.3 is 15.0 Å². The maximum Gasteiger partial charge on any atom is 0.434 e. The first-order valence-corrected chi connectivity index (χ1v) is 11.2. The summed E-state index contributed by atoms with van der Waals surface area (Å²) >= 11 is 0. The Kier molecular flexibility index (Phi) is 7.02. The summed E-state index contributed by atoms with van der Waals surface area (Å²) in [6, 6.07) is 4.22. The van der Waals surface area contributed by atoms with Crippen LogP contribution < -0.4 is 10.1 Å². The van der Waals surface area contributed by atoms with Crippen molar-refractivity contribution in [3.05, 3.63) is 48.2 Å². The smallest absolute Gasteiger partial charge is 0.434 e. The number of ether oxygens (including phenoxy) is 1. The van der Waals surface area contributed by atoms with Gasteiger partial charge in [-0.3, -0.25) is 9.48 Å². The molecule has 1 aliphatic rings. The molecule has 0 aliphatic carbocycles. The highest BCUT2D eigenvalue weighted by Crippen LogP contribution is 2.36. The number of anilines is 1. The van der Waals surface area contributed by atoms with Gasteiger partial charge in [-0.25, -0.2) is 23.7 Å². The molecule has 1 N–H and O–H groups in total. The molecule has 0 aromatic carbocycles. The summed E-state index contributed by atoms with van der Waals surface area (Å²) in [6.07, 6.45) is -2.07. The molecule has 3 aromatic rings. The van der Waals surface area contributed by atoms with Gasteiger partial charge in [-0.2, -0.15) is 18.3 Å². The highest BCUT2D eigenvalue weighted by Gasteiger charge is 2.47.